The van der Waals surface area contributed by atoms with Crippen LogP contribution in [-0.2, 0) is 5.41 Å². The van der Waals surface area contributed by atoms with Crippen molar-refractivity contribution < 1.29 is 0 Å². The van der Waals surface area contributed by atoms with Gasteiger partial charge in [0, 0.05) is 5.41 Å². The molecule has 1 heterocycles. The lowest BCUT2D eigenvalue weighted by Crippen LogP contribution is -2.26. The van der Waals surface area contributed by atoms with E-state index in [-0.39, 0.29) is 5.41 Å². The molecule has 0 saturated carbocycles. The average molecular weight is 221 g/mol. The van der Waals surface area contributed by atoms with Gasteiger partial charge in [0.25, 0.3) is 0 Å². The van der Waals surface area contributed by atoms with Crippen molar-refractivity contribution >= 4 is 11.8 Å². The van der Waals surface area contributed by atoms with Crippen molar-refractivity contribution in [1.82, 2.24) is 0 Å². The number of hydrogen-bond donors (Lipinski definition) is 0. The van der Waals surface area contributed by atoms with E-state index in [2.05, 4.69) is 56.3 Å². The highest BCUT2D eigenvalue weighted by molar-refractivity contribution is 5.58. The third-order valence-electron chi connectivity index (χ3n) is 3.29. The maximum atomic E-state index is 4.77. The van der Waals surface area contributed by atoms with Crippen LogP contribution in [0.2, 0.25) is 0 Å². The molecule has 1 heteroatoms. The van der Waals surface area contributed by atoms with Crippen LogP contribution in [0.4, 0.5) is 5.69 Å². The summed E-state index contributed by atoms with van der Waals surface area (Å²) >= 11 is 0. The highest BCUT2D eigenvalue weighted by Crippen LogP contribution is 2.33. The van der Waals surface area contributed by atoms with E-state index >= 15 is 0 Å². The van der Waals surface area contributed by atoms with Crippen LogP contribution in [0.3, 0.4) is 0 Å². The summed E-state index contributed by atoms with van der Waals surface area (Å²) in [6.45, 7) is 4.48. The van der Waals surface area contributed by atoms with Gasteiger partial charge < -0.3 is 0 Å². The molecule has 0 unspecified atom stereocenters. The zero-order valence-electron chi connectivity index (χ0n) is 10.1. The average Bonchev–Trinajstić information content (AvgIpc) is 2.42. The lowest BCUT2D eigenvalue weighted by molar-refractivity contribution is 0.715. The van der Waals surface area contributed by atoms with Crippen LogP contribution in [-0.4, -0.2) is 0 Å². The Morgan fingerprint density at radius 1 is 0.882 bits per heavy atom. The normalized spacial score (nSPS) is 15.9. The van der Waals surface area contributed by atoms with Crippen molar-refractivity contribution in [2.24, 2.45) is 4.99 Å². The molecule has 2 aromatic rings. The molecule has 17 heavy (non-hydrogen) atoms. The van der Waals surface area contributed by atoms with Crippen LogP contribution in [0.5, 0.6) is 0 Å². The van der Waals surface area contributed by atoms with E-state index in [9.17, 15) is 0 Å². The molecule has 0 aliphatic carbocycles. The quantitative estimate of drug-likeness (QED) is 0.648. The number of fused-ring (bicyclic) bond motifs is 2. The Kier molecular flexibility index (Phi) is 2.15. The molecule has 1 aliphatic rings. The second-order valence-electron chi connectivity index (χ2n) is 5.05. The molecule has 2 aromatic carbocycles. The lowest BCUT2D eigenvalue weighted by atomic mass is 9.83. The van der Waals surface area contributed by atoms with E-state index in [1.54, 1.807) is 0 Å². The van der Waals surface area contributed by atoms with E-state index < -0.39 is 0 Å². The Balaban J connectivity index is 2.45. The number of benzene rings is 2. The van der Waals surface area contributed by atoms with Gasteiger partial charge in [-0.1, -0.05) is 56.3 Å². The van der Waals surface area contributed by atoms with Crippen molar-refractivity contribution in [3.63, 3.8) is 0 Å². The predicted molar refractivity (Wildman–Crippen MR) is 70.8 cm³/mol. The molecule has 0 spiro atoms. The molecule has 0 radical (unpaired) electrons. The molecule has 0 fully saturated rings. The zero-order chi connectivity index (χ0) is 11.9. The highest BCUT2D eigenvalue weighted by atomic mass is 14.7. The van der Waals surface area contributed by atoms with Gasteiger partial charge in [-0.3, -0.25) is 0 Å². The van der Waals surface area contributed by atoms with Crippen LogP contribution < -0.4 is 10.6 Å². The SMILES string of the molecule is CC1(C)C=c2ccccc2=Nc2ccccc21. The Hall–Kier alpha value is -1.89. The molecule has 84 valence electrons. The number of nitrogens with zero attached hydrogens (tertiary/aromatic N) is 1. The first kappa shape index (κ1) is 10.3. The monoisotopic (exact) mass is 221 g/mol. The van der Waals surface area contributed by atoms with E-state index in [1.165, 1.54) is 10.8 Å². The molecule has 0 N–H and O–H groups in total. The number of hydrogen-bond acceptors (Lipinski definition) is 1. The Morgan fingerprint density at radius 3 is 2.47 bits per heavy atom. The predicted octanol–water partition coefficient (Wildman–Crippen LogP) is 2.71. The molecule has 1 aliphatic heterocycles. The highest BCUT2D eigenvalue weighted by Gasteiger charge is 2.21. The summed E-state index contributed by atoms with van der Waals surface area (Å²) in [5, 5.41) is 2.28. The summed E-state index contributed by atoms with van der Waals surface area (Å²) in [5.41, 5.74) is 2.39. The largest absolute Gasteiger partial charge is 0.248 e. The van der Waals surface area contributed by atoms with Gasteiger partial charge in [0.15, 0.2) is 0 Å². The van der Waals surface area contributed by atoms with Gasteiger partial charge in [0.1, 0.15) is 0 Å². The molecule has 0 bridgehead atoms. The van der Waals surface area contributed by atoms with E-state index in [0.717, 1.165) is 11.0 Å². The first-order chi connectivity index (χ1) is 8.17. The van der Waals surface area contributed by atoms with Crippen molar-refractivity contribution in [2.75, 3.05) is 0 Å². The van der Waals surface area contributed by atoms with Crippen molar-refractivity contribution in [1.29, 1.82) is 0 Å². The second kappa shape index (κ2) is 3.56. The van der Waals surface area contributed by atoms with Gasteiger partial charge in [-0.15, -0.1) is 0 Å². The van der Waals surface area contributed by atoms with Gasteiger partial charge in [-0.25, -0.2) is 4.99 Å². The van der Waals surface area contributed by atoms with Crippen LogP contribution >= 0.6 is 0 Å². The Bertz CT molecular complexity index is 681. The molecular formula is C16H15N. The molecular weight excluding hydrogens is 206 g/mol. The topological polar surface area (TPSA) is 12.4 Å². The van der Waals surface area contributed by atoms with Gasteiger partial charge in [-0.2, -0.15) is 0 Å². The first-order valence-electron chi connectivity index (χ1n) is 5.93. The second-order valence-corrected chi connectivity index (χ2v) is 5.05. The summed E-state index contributed by atoms with van der Waals surface area (Å²) in [7, 11) is 0. The molecule has 0 amide bonds. The van der Waals surface area contributed by atoms with Crippen LogP contribution in [0.25, 0.3) is 6.08 Å². The van der Waals surface area contributed by atoms with Gasteiger partial charge in [-0.05, 0) is 22.9 Å². The Labute approximate surface area is 101 Å². The van der Waals surface area contributed by atoms with Crippen LogP contribution in [0, 0.1) is 0 Å². The fourth-order valence-electron chi connectivity index (χ4n) is 2.42. The van der Waals surface area contributed by atoms with E-state index in [0.29, 0.717) is 0 Å². The lowest BCUT2D eigenvalue weighted by Gasteiger charge is -2.21. The summed E-state index contributed by atoms with van der Waals surface area (Å²) in [6.07, 6.45) is 2.30. The minimum Gasteiger partial charge on any atom is -0.248 e. The minimum atomic E-state index is 0.0205. The molecule has 1 nitrogen and oxygen atoms in total. The van der Waals surface area contributed by atoms with E-state index in [4.69, 9.17) is 4.99 Å². The minimum absolute atomic E-state index is 0.0205. The summed E-state index contributed by atoms with van der Waals surface area (Å²) < 4.78 is 0. The van der Waals surface area contributed by atoms with Crippen LogP contribution in [0.15, 0.2) is 53.5 Å². The molecule has 0 aromatic heterocycles. The smallest absolute Gasteiger partial charge is 0.0706 e. The third-order valence-corrected chi connectivity index (χ3v) is 3.29. The summed E-state index contributed by atoms with van der Waals surface area (Å²) in [5.74, 6) is 0. The summed E-state index contributed by atoms with van der Waals surface area (Å²) in [6, 6.07) is 16.7. The summed E-state index contributed by atoms with van der Waals surface area (Å²) in [4.78, 5) is 4.77. The maximum absolute atomic E-state index is 4.77. The number of rotatable bonds is 0. The molecule has 0 atom stereocenters. The third kappa shape index (κ3) is 1.68. The zero-order valence-corrected chi connectivity index (χ0v) is 10.1. The Morgan fingerprint density at radius 2 is 1.59 bits per heavy atom. The van der Waals surface area contributed by atoms with Gasteiger partial charge >= 0.3 is 0 Å². The standard InChI is InChI=1S/C16H15N/c1-16(2)11-12-7-3-5-9-14(12)17-15-10-6-4-8-13(15)16/h3-11H,1-2H3. The maximum Gasteiger partial charge on any atom is 0.0706 e. The van der Waals surface area contributed by atoms with Crippen molar-refractivity contribution in [3.05, 3.63) is 64.7 Å². The van der Waals surface area contributed by atoms with Crippen LogP contribution in [0.1, 0.15) is 19.4 Å². The molecule has 3 rings (SSSR count). The molecule has 0 saturated heterocycles. The van der Waals surface area contributed by atoms with E-state index in [1.807, 2.05) is 12.1 Å². The fraction of sp³-hybridized carbons (Fsp3) is 0.188. The van der Waals surface area contributed by atoms with Gasteiger partial charge in [0.05, 0.1) is 11.0 Å². The fourth-order valence-corrected chi connectivity index (χ4v) is 2.42. The van der Waals surface area contributed by atoms with Crippen molar-refractivity contribution in [3.8, 4) is 0 Å². The van der Waals surface area contributed by atoms with Crippen molar-refractivity contribution in [2.45, 2.75) is 19.3 Å². The van der Waals surface area contributed by atoms with Gasteiger partial charge in [0.2, 0.25) is 0 Å². The number of para-hydroxylation sites is 2. The first-order valence-corrected chi connectivity index (χ1v) is 5.93.